The van der Waals surface area contributed by atoms with Crippen LogP contribution in [0.5, 0.6) is 0 Å². The van der Waals surface area contributed by atoms with Crippen LogP contribution in [0.1, 0.15) is 32.5 Å². The van der Waals surface area contributed by atoms with E-state index in [2.05, 4.69) is 41.1 Å². The number of nitrogens with zero attached hydrogens (tertiary/aromatic N) is 5. The van der Waals surface area contributed by atoms with Crippen LogP contribution in [0.3, 0.4) is 0 Å². The summed E-state index contributed by atoms with van der Waals surface area (Å²) in [6.07, 6.45) is 4.74. The van der Waals surface area contributed by atoms with Gasteiger partial charge in [-0.2, -0.15) is 0 Å². The molecule has 5 heteroatoms. The maximum atomic E-state index is 4.92. The summed E-state index contributed by atoms with van der Waals surface area (Å²) in [5.74, 6) is 2.05. The van der Waals surface area contributed by atoms with E-state index >= 15 is 0 Å². The van der Waals surface area contributed by atoms with E-state index in [1.807, 2.05) is 16.7 Å². The number of aromatic nitrogens is 3. The zero-order chi connectivity index (χ0) is 14.7. The van der Waals surface area contributed by atoms with Crippen LogP contribution in [0, 0.1) is 0 Å². The smallest absolute Gasteiger partial charge is 0.145 e. The summed E-state index contributed by atoms with van der Waals surface area (Å²) < 4.78 is 2.04. The van der Waals surface area contributed by atoms with E-state index in [-0.39, 0.29) is 0 Å². The minimum Gasteiger partial charge on any atom is -0.360 e. The Morgan fingerprint density at radius 1 is 1.14 bits per heavy atom. The van der Waals surface area contributed by atoms with Crippen LogP contribution in [0.4, 0.5) is 5.69 Å². The van der Waals surface area contributed by atoms with Crippen molar-refractivity contribution in [3.63, 3.8) is 0 Å². The molecule has 110 valence electrons. The molecule has 0 N–H and O–H groups in total. The number of para-hydroxylation sites is 2. The van der Waals surface area contributed by atoms with Crippen LogP contribution in [0.2, 0.25) is 0 Å². The highest BCUT2D eigenvalue weighted by molar-refractivity contribution is 5.88. The highest BCUT2D eigenvalue weighted by Crippen LogP contribution is 2.27. The van der Waals surface area contributed by atoms with Crippen LogP contribution in [-0.2, 0) is 6.42 Å². The van der Waals surface area contributed by atoms with Gasteiger partial charge in [0.05, 0.1) is 17.8 Å². The molecule has 0 radical (unpaired) electrons. The average Bonchev–Trinajstić information content (AvgIpc) is 2.89. The average molecular weight is 283 g/mol. The standard InChI is InChI=1S/C16H21N5/c1-3-9-20(10-4-2)15-11-16-19-17-12-21(16)14-8-6-5-7-13(14)18-15/h5-8,12H,3-4,9-11H2,1-2H3. The largest absolute Gasteiger partial charge is 0.360 e. The molecule has 0 fully saturated rings. The number of amidine groups is 1. The van der Waals surface area contributed by atoms with Gasteiger partial charge in [-0.25, -0.2) is 4.99 Å². The van der Waals surface area contributed by atoms with Gasteiger partial charge < -0.3 is 4.90 Å². The predicted octanol–water partition coefficient (Wildman–Crippen LogP) is 2.98. The quantitative estimate of drug-likeness (QED) is 0.866. The van der Waals surface area contributed by atoms with Crippen LogP contribution < -0.4 is 0 Å². The molecule has 0 spiro atoms. The first-order valence-electron chi connectivity index (χ1n) is 7.64. The molecule has 1 aliphatic heterocycles. The number of fused-ring (bicyclic) bond motifs is 3. The van der Waals surface area contributed by atoms with E-state index < -0.39 is 0 Å². The van der Waals surface area contributed by atoms with Gasteiger partial charge in [-0.05, 0) is 25.0 Å². The lowest BCUT2D eigenvalue weighted by atomic mass is 10.2. The lowest BCUT2D eigenvalue weighted by Gasteiger charge is -2.24. The Kier molecular flexibility index (Phi) is 3.99. The number of hydrogen-bond acceptors (Lipinski definition) is 4. The first-order valence-corrected chi connectivity index (χ1v) is 7.64. The molecule has 0 amide bonds. The fraction of sp³-hybridized carbons (Fsp3) is 0.438. The van der Waals surface area contributed by atoms with Crippen molar-refractivity contribution in [2.45, 2.75) is 33.1 Å². The molecule has 1 aliphatic rings. The molecule has 0 unspecified atom stereocenters. The topological polar surface area (TPSA) is 46.3 Å². The van der Waals surface area contributed by atoms with E-state index in [4.69, 9.17) is 4.99 Å². The van der Waals surface area contributed by atoms with Crippen molar-refractivity contribution < 1.29 is 0 Å². The van der Waals surface area contributed by atoms with E-state index in [1.54, 1.807) is 6.33 Å². The fourth-order valence-corrected chi connectivity index (χ4v) is 2.76. The number of rotatable bonds is 4. The second kappa shape index (κ2) is 6.08. The second-order valence-corrected chi connectivity index (χ2v) is 5.30. The Morgan fingerprint density at radius 3 is 2.67 bits per heavy atom. The van der Waals surface area contributed by atoms with Crippen LogP contribution in [0.25, 0.3) is 5.69 Å². The highest BCUT2D eigenvalue weighted by Gasteiger charge is 2.20. The van der Waals surface area contributed by atoms with E-state index in [1.165, 1.54) is 0 Å². The maximum absolute atomic E-state index is 4.92. The summed E-state index contributed by atoms with van der Waals surface area (Å²) in [4.78, 5) is 7.29. The summed E-state index contributed by atoms with van der Waals surface area (Å²) in [6.45, 7) is 6.47. The van der Waals surface area contributed by atoms with Crippen molar-refractivity contribution >= 4 is 11.5 Å². The summed E-state index contributed by atoms with van der Waals surface area (Å²) in [5.41, 5.74) is 2.05. The molecule has 3 rings (SSSR count). The highest BCUT2D eigenvalue weighted by atomic mass is 15.3. The molecule has 0 saturated heterocycles. The Bertz CT molecular complexity index is 638. The minimum atomic E-state index is 0.731. The molecule has 0 saturated carbocycles. The monoisotopic (exact) mass is 283 g/mol. The SMILES string of the molecule is CCCN(CCC)C1=Nc2ccccc2-n2cnnc2C1. The minimum absolute atomic E-state index is 0.731. The molecule has 0 bridgehead atoms. The Hall–Kier alpha value is -2.17. The molecule has 21 heavy (non-hydrogen) atoms. The lowest BCUT2D eigenvalue weighted by Crippen LogP contribution is -2.34. The Morgan fingerprint density at radius 2 is 1.90 bits per heavy atom. The molecule has 2 heterocycles. The van der Waals surface area contributed by atoms with Gasteiger partial charge in [-0.1, -0.05) is 26.0 Å². The van der Waals surface area contributed by atoms with E-state index in [0.717, 1.165) is 55.4 Å². The van der Waals surface area contributed by atoms with Crippen LogP contribution in [0.15, 0.2) is 35.6 Å². The number of benzene rings is 1. The van der Waals surface area contributed by atoms with Crippen LogP contribution >= 0.6 is 0 Å². The molecule has 0 atom stereocenters. The van der Waals surface area contributed by atoms with Gasteiger partial charge in [0, 0.05) is 13.1 Å². The molecular weight excluding hydrogens is 262 g/mol. The lowest BCUT2D eigenvalue weighted by molar-refractivity contribution is 0.410. The fourth-order valence-electron chi connectivity index (χ4n) is 2.76. The second-order valence-electron chi connectivity index (χ2n) is 5.30. The van der Waals surface area contributed by atoms with Crippen molar-refractivity contribution in [3.05, 3.63) is 36.4 Å². The van der Waals surface area contributed by atoms with Crippen LogP contribution in [-0.4, -0.2) is 38.6 Å². The molecule has 2 aromatic rings. The maximum Gasteiger partial charge on any atom is 0.145 e. The van der Waals surface area contributed by atoms with Gasteiger partial charge in [0.25, 0.3) is 0 Å². The van der Waals surface area contributed by atoms with Crippen molar-refractivity contribution in [1.29, 1.82) is 0 Å². The summed E-state index contributed by atoms with van der Waals surface area (Å²) >= 11 is 0. The summed E-state index contributed by atoms with van der Waals surface area (Å²) in [7, 11) is 0. The Labute approximate surface area is 125 Å². The van der Waals surface area contributed by atoms with Gasteiger partial charge in [0.2, 0.25) is 0 Å². The van der Waals surface area contributed by atoms with Gasteiger partial charge in [-0.15, -0.1) is 10.2 Å². The summed E-state index contributed by atoms with van der Waals surface area (Å²) in [5, 5.41) is 8.34. The van der Waals surface area contributed by atoms with Crippen molar-refractivity contribution in [3.8, 4) is 5.69 Å². The third-order valence-electron chi connectivity index (χ3n) is 3.68. The summed E-state index contributed by atoms with van der Waals surface area (Å²) in [6, 6.07) is 8.18. The third-order valence-corrected chi connectivity index (χ3v) is 3.68. The molecule has 0 aliphatic carbocycles. The van der Waals surface area contributed by atoms with E-state index in [0.29, 0.717) is 0 Å². The number of hydrogen-bond donors (Lipinski definition) is 0. The number of aliphatic imine (C=N–C) groups is 1. The van der Waals surface area contributed by atoms with Gasteiger partial charge in [-0.3, -0.25) is 4.57 Å². The molecule has 1 aromatic carbocycles. The Balaban J connectivity index is 2.06. The predicted molar refractivity (Wildman–Crippen MR) is 84.3 cm³/mol. The van der Waals surface area contributed by atoms with Crippen molar-refractivity contribution in [1.82, 2.24) is 19.7 Å². The van der Waals surface area contributed by atoms with Crippen molar-refractivity contribution in [2.24, 2.45) is 4.99 Å². The molecular formula is C16H21N5. The van der Waals surface area contributed by atoms with Crippen molar-refractivity contribution in [2.75, 3.05) is 13.1 Å². The first kappa shape index (κ1) is 13.8. The van der Waals surface area contributed by atoms with Gasteiger partial charge in [0.1, 0.15) is 18.0 Å². The first-order chi connectivity index (χ1) is 10.3. The zero-order valence-corrected chi connectivity index (χ0v) is 12.7. The normalized spacial score (nSPS) is 13.1. The third kappa shape index (κ3) is 2.68. The van der Waals surface area contributed by atoms with E-state index in [9.17, 15) is 0 Å². The zero-order valence-electron chi connectivity index (χ0n) is 12.7. The molecule has 5 nitrogen and oxygen atoms in total. The van der Waals surface area contributed by atoms with Gasteiger partial charge in [0.15, 0.2) is 0 Å². The molecule has 1 aromatic heterocycles. The van der Waals surface area contributed by atoms with Gasteiger partial charge >= 0.3 is 0 Å².